The molecule has 19 heavy (non-hydrogen) atoms. The van der Waals surface area contributed by atoms with E-state index in [1.165, 1.54) is 0 Å². The van der Waals surface area contributed by atoms with Gasteiger partial charge < -0.3 is 14.9 Å². The molecular weight excluding hydrogens is 264 g/mol. The summed E-state index contributed by atoms with van der Waals surface area (Å²) in [5.41, 5.74) is -0.369. The number of thioether (sulfide) groups is 1. The lowest BCUT2D eigenvalue weighted by Crippen LogP contribution is -2.53. The van der Waals surface area contributed by atoms with Crippen molar-refractivity contribution in [1.29, 1.82) is 0 Å². The van der Waals surface area contributed by atoms with Gasteiger partial charge in [0.15, 0.2) is 0 Å². The fourth-order valence-corrected chi connectivity index (χ4v) is 3.37. The van der Waals surface area contributed by atoms with Gasteiger partial charge in [-0.3, -0.25) is 4.79 Å². The van der Waals surface area contributed by atoms with Gasteiger partial charge in [-0.25, -0.2) is 4.79 Å². The molecular formula is C13H24N2O3S. The van der Waals surface area contributed by atoms with Crippen molar-refractivity contribution in [2.24, 2.45) is 0 Å². The fourth-order valence-electron chi connectivity index (χ4n) is 2.10. The van der Waals surface area contributed by atoms with Gasteiger partial charge in [0.25, 0.3) is 0 Å². The number of nitrogens with zero attached hydrogens (tertiary/aromatic N) is 2. The molecule has 1 heterocycles. The number of rotatable bonds is 4. The average Bonchev–Trinajstić information content (AvgIpc) is 2.78. The Balaban J connectivity index is 2.72. The van der Waals surface area contributed by atoms with E-state index in [4.69, 9.17) is 5.11 Å². The van der Waals surface area contributed by atoms with Crippen molar-refractivity contribution < 1.29 is 14.7 Å². The molecule has 0 aliphatic carbocycles. The molecule has 0 spiro atoms. The van der Waals surface area contributed by atoms with Crippen LogP contribution in [0.1, 0.15) is 33.6 Å². The van der Waals surface area contributed by atoms with Gasteiger partial charge in [-0.2, -0.15) is 11.8 Å². The molecule has 0 aromatic heterocycles. The minimum absolute atomic E-state index is 0.0176. The number of hydrogen-bond acceptors (Lipinski definition) is 3. The van der Waals surface area contributed by atoms with Gasteiger partial charge >= 0.3 is 12.0 Å². The summed E-state index contributed by atoms with van der Waals surface area (Å²) in [6, 6.07) is 0.202. The van der Waals surface area contributed by atoms with Crippen LogP contribution < -0.4 is 0 Å². The van der Waals surface area contributed by atoms with Crippen LogP contribution in [-0.4, -0.2) is 63.6 Å². The molecule has 0 radical (unpaired) electrons. The van der Waals surface area contributed by atoms with E-state index >= 15 is 0 Å². The number of hydrogen-bond donors (Lipinski definition) is 1. The van der Waals surface area contributed by atoms with E-state index in [-0.39, 0.29) is 30.6 Å². The molecule has 1 rings (SSSR count). The van der Waals surface area contributed by atoms with Crippen LogP contribution in [0.5, 0.6) is 0 Å². The summed E-state index contributed by atoms with van der Waals surface area (Å²) in [6.07, 6.45) is 1.00. The Labute approximate surface area is 119 Å². The zero-order valence-electron chi connectivity index (χ0n) is 12.2. The molecule has 1 atom stereocenters. The number of carbonyl (C=O) groups is 2. The first-order chi connectivity index (χ1) is 8.73. The molecule has 110 valence electrons. The fraction of sp³-hybridized carbons (Fsp3) is 0.846. The van der Waals surface area contributed by atoms with Crippen molar-refractivity contribution in [1.82, 2.24) is 9.80 Å². The van der Waals surface area contributed by atoms with Crippen molar-refractivity contribution in [2.45, 2.75) is 45.2 Å². The molecule has 1 aliphatic rings. The first kappa shape index (κ1) is 16.1. The maximum Gasteiger partial charge on any atom is 0.320 e. The first-order valence-electron chi connectivity index (χ1n) is 6.57. The van der Waals surface area contributed by atoms with Crippen LogP contribution in [0.15, 0.2) is 0 Å². The predicted molar refractivity (Wildman–Crippen MR) is 77.6 cm³/mol. The Bertz CT molecular complexity index is 335. The molecule has 0 saturated carbocycles. The van der Waals surface area contributed by atoms with Crippen molar-refractivity contribution in [2.75, 3.05) is 25.1 Å². The minimum Gasteiger partial charge on any atom is -0.481 e. The molecule has 0 aromatic rings. The van der Waals surface area contributed by atoms with E-state index in [0.717, 1.165) is 17.9 Å². The maximum absolute atomic E-state index is 12.5. The smallest absolute Gasteiger partial charge is 0.320 e. The SMILES string of the molecule is CN(C(=O)N(CCC(=O)O)C(C)(C)C)C1CCSC1. The maximum atomic E-state index is 12.5. The number of aliphatic carboxylic acids is 1. The Kier molecular flexibility index (Phi) is 5.52. The van der Waals surface area contributed by atoms with Crippen LogP contribution in [0.3, 0.4) is 0 Å². The van der Waals surface area contributed by atoms with E-state index < -0.39 is 5.97 Å². The molecule has 1 N–H and O–H groups in total. The number of carboxylic acids is 1. The summed E-state index contributed by atoms with van der Waals surface area (Å²) in [6.45, 7) is 6.06. The molecule has 5 nitrogen and oxygen atoms in total. The van der Waals surface area contributed by atoms with Crippen molar-refractivity contribution in [3.05, 3.63) is 0 Å². The molecule has 2 amide bonds. The minimum atomic E-state index is -0.874. The second-order valence-electron chi connectivity index (χ2n) is 5.88. The zero-order valence-corrected chi connectivity index (χ0v) is 13.0. The van der Waals surface area contributed by atoms with Crippen LogP contribution in [0.2, 0.25) is 0 Å². The molecule has 1 fully saturated rings. The average molecular weight is 288 g/mol. The molecule has 1 unspecified atom stereocenters. The lowest BCUT2D eigenvalue weighted by molar-refractivity contribution is -0.137. The topological polar surface area (TPSA) is 60.9 Å². The molecule has 0 aromatic carbocycles. The van der Waals surface area contributed by atoms with Crippen LogP contribution in [0.4, 0.5) is 4.79 Å². The summed E-state index contributed by atoms with van der Waals surface area (Å²) in [4.78, 5) is 26.7. The quantitative estimate of drug-likeness (QED) is 0.861. The molecule has 1 aliphatic heterocycles. The number of carbonyl (C=O) groups excluding carboxylic acids is 1. The lowest BCUT2D eigenvalue weighted by Gasteiger charge is -2.39. The van der Waals surface area contributed by atoms with Gasteiger partial charge in [0.1, 0.15) is 0 Å². The van der Waals surface area contributed by atoms with E-state index in [1.807, 2.05) is 39.6 Å². The third-order valence-electron chi connectivity index (χ3n) is 3.35. The second kappa shape index (κ2) is 6.50. The zero-order chi connectivity index (χ0) is 14.6. The third-order valence-corrected chi connectivity index (χ3v) is 4.49. The van der Waals surface area contributed by atoms with Crippen molar-refractivity contribution in [3.8, 4) is 0 Å². The number of urea groups is 1. The molecule has 0 bridgehead atoms. The Morgan fingerprint density at radius 3 is 2.42 bits per heavy atom. The van der Waals surface area contributed by atoms with Crippen molar-refractivity contribution >= 4 is 23.8 Å². The summed E-state index contributed by atoms with van der Waals surface area (Å²) < 4.78 is 0. The number of carboxylic acid groups (broad SMARTS) is 1. The van der Waals surface area contributed by atoms with Crippen LogP contribution in [0, 0.1) is 0 Å². The van der Waals surface area contributed by atoms with E-state index in [9.17, 15) is 9.59 Å². The molecule has 1 saturated heterocycles. The predicted octanol–water partition coefficient (Wildman–Crippen LogP) is 2.12. The van der Waals surface area contributed by atoms with Gasteiger partial charge in [-0.1, -0.05) is 0 Å². The van der Waals surface area contributed by atoms with Gasteiger partial charge in [0.05, 0.1) is 6.42 Å². The Hall–Kier alpha value is -0.910. The van der Waals surface area contributed by atoms with Crippen LogP contribution in [-0.2, 0) is 4.79 Å². The van der Waals surface area contributed by atoms with Gasteiger partial charge in [0, 0.05) is 30.9 Å². The largest absolute Gasteiger partial charge is 0.481 e. The monoisotopic (exact) mass is 288 g/mol. The summed E-state index contributed by atoms with van der Waals surface area (Å²) in [5, 5.41) is 8.81. The van der Waals surface area contributed by atoms with E-state index in [1.54, 1.807) is 9.80 Å². The van der Waals surface area contributed by atoms with Crippen LogP contribution >= 0.6 is 11.8 Å². The summed E-state index contributed by atoms with van der Waals surface area (Å²) in [7, 11) is 1.82. The highest BCUT2D eigenvalue weighted by molar-refractivity contribution is 7.99. The van der Waals surface area contributed by atoms with Crippen LogP contribution in [0.25, 0.3) is 0 Å². The Morgan fingerprint density at radius 2 is 2.00 bits per heavy atom. The Morgan fingerprint density at radius 1 is 1.37 bits per heavy atom. The summed E-state index contributed by atoms with van der Waals surface area (Å²) in [5.74, 6) is 1.19. The highest BCUT2D eigenvalue weighted by Crippen LogP contribution is 2.24. The van der Waals surface area contributed by atoms with Gasteiger partial charge in [-0.05, 0) is 32.9 Å². The van der Waals surface area contributed by atoms with E-state index in [0.29, 0.717) is 0 Å². The second-order valence-corrected chi connectivity index (χ2v) is 7.03. The lowest BCUT2D eigenvalue weighted by atomic mass is 10.1. The standard InChI is InChI=1S/C13H24N2O3S/c1-13(2,3)15(7-5-11(16)17)12(18)14(4)10-6-8-19-9-10/h10H,5-9H2,1-4H3,(H,16,17). The van der Waals surface area contributed by atoms with Gasteiger partial charge in [0.2, 0.25) is 0 Å². The van der Waals surface area contributed by atoms with Gasteiger partial charge in [-0.15, -0.1) is 0 Å². The van der Waals surface area contributed by atoms with E-state index in [2.05, 4.69) is 0 Å². The first-order valence-corrected chi connectivity index (χ1v) is 7.73. The number of amides is 2. The normalized spacial score (nSPS) is 19.3. The highest BCUT2D eigenvalue weighted by Gasteiger charge is 2.32. The van der Waals surface area contributed by atoms with Crippen molar-refractivity contribution in [3.63, 3.8) is 0 Å². The summed E-state index contributed by atoms with van der Waals surface area (Å²) >= 11 is 1.86. The third kappa shape index (κ3) is 4.60. The highest BCUT2D eigenvalue weighted by atomic mass is 32.2. The molecule has 6 heteroatoms.